The van der Waals surface area contributed by atoms with Gasteiger partial charge in [-0.25, -0.2) is 0 Å². The van der Waals surface area contributed by atoms with E-state index in [9.17, 15) is 5.26 Å². The van der Waals surface area contributed by atoms with Crippen molar-refractivity contribution < 1.29 is 4.79 Å². The van der Waals surface area contributed by atoms with Crippen LogP contribution in [0.25, 0.3) is 5.57 Å². The van der Waals surface area contributed by atoms with E-state index in [2.05, 4.69) is 36.7 Å². The third-order valence-corrected chi connectivity index (χ3v) is 5.90. The van der Waals surface area contributed by atoms with E-state index in [1.165, 1.54) is 38.3 Å². The van der Waals surface area contributed by atoms with E-state index in [1.54, 1.807) is 6.20 Å². The molecule has 186 valence electrons. The molecule has 1 fully saturated rings. The molecular formula is C28H41ClN4O. The number of allylic oxidation sites excluding steroid dienone is 1. The number of hydrogen-bond donors (Lipinski definition) is 2. The monoisotopic (exact) mass is 484 g/mol. The molecule has 3 rings (SSSR count). The maximum Gasteiger partial charge on any atom is 0.204 e. The molecule has 6 heteroatoms. The summed E-state index contributed by atoms with van der Waals surface area (Å²) in [6.45, 7) is 12.4. The van der Waals surface area contributed by atoms with Crippen LogP contribution in [-0.2, 0) is 4.79 Å². The molecule has 0 saturated heterocycles. The second-order valence-electron chi connectivity index (χ2n) is 8.09. The van der Waals surface area contributed by atoms with Crippen molar-refractivity contribution in [3.63, 3.8) is 0 Å². The molecule has 1 heterocycles. The van der Waals surface area contributed by atoms with Crippen LogP contribution in [0.5, 0.6) is 0 Å². The maximum atomic E-state index is 9.29. The Labute approximate surface area is 211 Å². The molecule has 0 unspecified atom stereocenters. The molecule has 2 aromatic rings. The summed E-state index contributed by atoms with van der Waals surface area (Å²) < 4.78 is 0. The van der Waals surface area contributed by atoms with Gasteiger partial charge >= 0.3 is 0 Å². The lowest BCUT2D eigenvalue weighted by atomic mass is 9.91. The molecule has 1 aliphatic carbocycles. The predicted octanol–water partition coefficient (Wildman–Crippen LogP) is 7.36. The highest BCUT2D eigenvalue weighted by Gasteiger charge is 2.15. The molecule has 1 saturated carbocycles. The molecule has 1 amide bonds. The zero-order valence-electron chi connectivity index (χ0n) is 21.6. The van der Waals surface area contributed by atoms with Gasteiger partial charge in [0.1, 0.15) is 0 Å². The molecule has 0 spiro atoms. The molecule has 5 nitrogen and oxygen atoms in total. The van der Waals surface area contributed by atoms with Crippen LogP contribution in [0.15, 0.2) is 30.6 Å². The van der Waals surface area contributed by atoms with Gasteiger partial charge in [0, 0.05) is 11.8 Å². The van der Waals surface area contributed by atoms with Gasteiger partial charge in [-0.15, -0.1) is 0 Å². The molecule has 0 radical (unpaired) electrons. The van der Waals surface area contributed by atoms with Crippen LogP contribution >= 0.6 is 11.6 Å². The van der Waals surface area contributed by atoms with Gasteiger partial charge in [0.25, 0.3) is 0 Å². The number of aromatic nitrogens is 1. The highest BCUT2D eigenvalue weighted by molar-refractivity contribution is 6.35. The number of nitrogens with two attached hydrogens (primary N) is 2. The summed E-state index contributed by atoms with van der Waals surface area (Å²) in [5.41, 5.74) is 16.0. The average molecular weight is 485 g/mol. The van der Waals surface area contributed by atoms with Crippen LogP contribution in [-0.4, -0.2) is 11.4 Å². The van der Waals surface area contributed by atoms with Crippen LogP contribution in [0.1, 0.15) is 94.0 Å². The van der Waals surface area contributed by atoms with E-state index in [-0.39, 0.29) is 6.41 Å². The second kappa shape index (κ2) is 17.6. The number of amides is 1. The SMILES string of the molecule is CC.CC/C=C(\c1cc(C#N)c(C)cc1C)c1cncc(N)c1Cl.CC1CCCCC1.NC=O. The smallest absolute Gasteiger partial charge is 0.204 e. The molecule has 0 bridgehead atoms. The van der Waals surface area contributed by atoms with E-state index in [1.807, 2.05) is 39.8 Å². The number of anilines is 1. The Bertz CT molecular complexity index is 958. The number of carbonyl (C=O) groups excluding carboxylic acids is 1. The number of carbonyl (C=O) groups is 1. The lowest BCUT2D eigenvalue weighted by Crippen LogP contribution is -1.99. The van der Waals surface area contributed by atoms with Crippen molar-refractivity contribution in [3.05, 3.63) is 63.4 Å². The molecule has 4 N–H and O–H groups in total. The van der Waals surface area contributed by atoms with Crippen LogP contribution in [0, 0.1) is 31.1 Å². The summed E-state index contributed by atoms with van der Waals surface area (Å²) in [5, 5.41) is 9.78. The lowest BCUT2D eigenvalue weighted by Gasteiger charge is -2.15. The normalized spacial score (nSPS) is 13.1. The molecule has 1 aromatic heterocycles. The Morgan fingerprint density at radius 1 is 1.15 bits per heavy atom. The minimum Gasteiger partial charge on any atom is -0.396 e. The van der Waals surface area contributed by atoms with E-state index < -0.39 is 0 Å². The van der Waals surface area contributed by atoms with Crippen molar-refractivity contribution >= 4 is 29.3 Å². The Hall–Kier alpha value is -2.84. The Morgan fingerprint density at radius 2 is 1.74 bits per heavy atom. The summed E-state index contributed by atoms with van der Waals surface area (Å²) in [7, 11) is 0. The first-order valence-corrected chi connectivity index (χ1v) is 12.4. The molecule has 1 aliphatic rings. The van der Waals surface area contributed by atoms with Gasteiger partial charge < -0.3 is 11.5 Å². The van der Waals surface area contributed by atoms with Gasteiger partial charge in [0.05, 0.1) is 28.5 Å². The topological polar surface area (TPSA) is 106 Å². The van der Waals surface area contributed by atoms with Crippen molar-refractivity contribution in [2.24, 2.45) is 11.7 Å². The van der Waals surface area contributed by atoms with Crippen molar-refractivity contribution in [2.75, 3.05) is 5.73 Å². The van der Waals surface area contributed by atoms with Crippen molar-refractivity contribution in [1.82, 2.24) is 4.98 Å². The van der Waals surface area contributed by atoms with Crippen LogP contribution < -0.4 is 11.5 Å². The van der Waals surface area contributed by atoms with Gasteiger partial charge in [0.15, 0.2) is 0 Å². The molecule has 0 atom stereocenters. The number of rotatable bonds is 3. The average Bonchev–Trinajstić information content (AvgIpc) is 2.83. The van der Waals surface area contributed by atoms with Gasteiger partial charge in [-0.3, -0.25) is 9.78 Å². The molecular weight excluding hydrogens is 444 g/mol. The van der Waals surface area contributed by atoms with Crippen molar-refractivity contribution in [2.45, 2.75) is 80.1 Å². The minimum absolute atomic E-state index is 0.250. The van der Waals surface area contributed by atoms with Gasteiger partial charge in [-0.1, -0.05) is 83.5 Å². The Kier molecular flexibility index (Phi) is 16.1. The van der Waals surface area contributed by atoms with E-state index in [0.29, 0.717) is 16.3 Å². The number of benzene rings is 1. The molecule has 34 heavy (non-hydrogen) atoms. The number of pyridine rings is 1. The van der Waals surface area contributed by atoms with Gasteiger partial charge in [-0.2, -0.15) is 5.26 Å². The quantitative estimate of drug-likeness (QED) is 0.443. The first-order chi connectivity index (χ1) is 16.3. The zero-order chi connectivity index (χ0) is 26.1. The summed E-state index contributed by atoms with van der Waals surface area (Å²) >= 11 is 6.36. The first-order valence-electron chi connectivity index (χ1n) is 12.1. The van der Waals surface area contributed by atoms with Crippen LogP contribution in [0.3, 0.4) is 0 Å². The Balaban J connectivity index is 0.000000750. The largest absolute Gasteiger partial charge is 0.396 e. The van der Waals surface area contributed by atoms with Gasteiger partial charge in [0.2, 0.25) is 6.41 Å². The highest BCUT2D eigenvalue weighted by Crippen LogP contribution is 2.34. The summed E-state index contributed by atoms with van der Waals surface area (Å²) in [4.78, 5) is 12.7. The number of nitriles is 1. The number of hydrogen-bond acceptors (Lipinski definition) is 4. The molecule has 1 aromatic carbocycles. The maximum absolute atomic E-state index is 9.29. The van der Waals surface area contributed by atoms with Gasteiger partial charge in [-0.05, 0) is 54.5 Å². The predicted molar refractivity (Wildman–Crippen MR) is 146 cm³/mol. The molecule has 0 aliphatic heterocycles. The van der Waals surface area contributed by atoms with E-state index in [4.69, 9.17) is 22.1 Å². The first kappa shape index (κ1) is 31.2. The number of primary amides is 1. The second-order valence-corrected chi connectivity index (χ2v) is 8.47. The zero-order valence-corrected chi connectivity index (χ0v) is 22.4. The van der Waals surface area contributed by atoms with E-state index in [0.717, 1.165) is 40.2 Å². The lowest BCUT2D eigenvalue weighted by molar-refractivity contribution is -0.106. The van der Waals surface area contributed by atoms with Crippen molar-refractivity contribution in [1.29, 1.82) is 5.26 Å². The number of nitrogen functional groups attached to an aromatic ring is 1. The van der Waals surface area contributed by atoms with Crippen LogP contribution in [0.4, 0.5) is 5.69 Å². The number of aryl methyl sites for hydroxylation is 2. The fourth-order valence-corrected chi connectivity index (χ4v) is 3.99. The Morgan fingerprint density at radius 3 is 2.21 bits per heavy atom. The van der Waals surface area contributed by atoms with Crippen LogP contribution in [0.2, 0.25) is 5.02 Å². The highest BCUT2D eigenvalue weighted by atomic mass is 35.5. The fraction of sp³-hybridized carbons (Fsp3) is 0.464. The van der Waals surface area contributed by atoms with Crippen molar-refractivity contribution in [3.8, 4) is 6.07 Å². The number of nitrogens with zero attached hydrogens (tertiary/aromatic N) is 2. The number of halogens is 1. The summed E-state index contributed by atoms with van der Waals surface area (Å²) in [6, 6.07) is 6.16. The summed E-state index contributed by atoms with van der Waals surface area (Å²) in [6.07, 6.45) is 13.9. The minimum atomic E-state index is 0.250. The third-order valence-electron chi connectivity index (χ3n) is 5.48. The standard InChI is InChI=1S/C18H18ClN3.C7H14.C2H6.CH3NO/c1-4-5-14(16-9-22-10-17(21)18(16)19)15-7-13(8-20)11(2)6-12(15)3;1-7-5-3-2-4-6-7;1-2;2-1-3/h5-7,9-10H,4,21H2,1-3H3;7H,2-6H2,1H3;1-2H3;1H,(H2,2,3)/b14-5+;;;. The summed E-state index contributed by atoms with van der Waals surface area (Å²) in [5.74, 6) is 1.04. The third kappa shape index (κ3) is 9.97. The van der Waals surface area contributed by atoms with E-state index >= 15 is 0 Å². The fourth-order valence-electron chi connectivity index (χ4n) is 3.79.